The molecule has 3 rings (SSSR count). The average Bonchev–Trinajstić information content (AvgIpc) is 2.75. The number of amides is 3. The number of aromatic nitrogens is 1. The lowest BCUT2D eigenvalue weighted by Gasteiger charge is -2.13. The zero-order valence-corrected chi connectivity index (χ0v) is 17.2. The summed E-state index contributed by atoms with van der Waals surface area (Å²) in [7, 11) is 4.31. The summed E-state index contributed by atoms with van der Waals surface area (Å²) >= 11 is 6.24. The lowest BCUT2D eigenvalue weighted by atomic mass is 10.1. The van der Waals surface area contributed by atoms with Gasteiger partial charge in [0.15, 0.2) is 0 Å². The lowest BCUT2D eigenvalue weighted by Crippen LogP contribution is -2.24. The standard InChI is InChI=1S/C20H19ClN4O5/c1-22-20(27)24-15-5-4-11(8-14(15)21)30-17-6-7-23-16-10-18(28-2)13(9-12(16)17)19(26)25-29-3/h4-10H,1-3H3,(H,25,26)(H2,22,24,27). The van der Waals surface area contributed by atoms with Crippen molar-refractivity contribution >= 4 is 40.1 Å². The molecular formula is C20H19ClN4O5. The molecule has 2 aromatic carbocycles. The summed E-state index contributed by atoms with van der Waals surface area (Å²) in [6.45, 7) is 0. The minimum absolute atomic E-state index is 0.257. The number of nitrogens with one attached hydrogen (secondary N) is 3. The van der Waals surface area contributed by atoms with E-state index in [1.165, 1.54) is 21.3 Å². The molecule has 1 heterocycles. The highest BCUT2D eigenvalue weighted by Crippen LogP contribution is 2.35. The van der Waals surface area contributed by atoms with Crippen LogP contribution >= 0.6 is 11.6 Å². The van der Waals surface area contributed by atoms with Crippen LogP contribution in [0.2, 0.25) is 5.02 Å². The molecule has 1 aromatic heterocycles. The SMILES string of the molecule is CNC(=O)Nc1ccc(Oc2ccnc3cc(OC)c(C(=O)NOC)cc23)cc1Cl. The van der Waals surface area contributed by atoms with Gasteiger partial charge in [-0.05, 0) is 24.3 Å². The summed E-state index contributed by atoms with van der Waals surface area (Å²) in [5, 5.41) is 5.95. The molecule has 0 fully saturated rings. The van der Waals surface area contributed by atoms with Crippen LogP contribution in [0.4, 0.5) is 10.5 Å². The van der Waals surface area contributed by atoms with Crippen molar-refractivity contribution < 1.29 is 23.9 Å². The third-order valence-corrected chi connectivity index (χ3v) is 4.42. The molecule has 0 saturated carbocycles. The van der Waals surface area contributed by atoms with Gasteiger partial charge in [0.25, 0.3) is 5.91 Å². The van der Waals surface area contributed by atoms with E-state index in [4.69, 9.17) is 25.9 Å². The Balaban J connectivity index is 1.98. The second kappa shape index (κ2) is 9.29. The number of hydrogen-bond donors (Lipinski definition) is 3. The lowest BCUT2D eigenvalue weighted by molar-refractivity contribution is 0.0535. The van der Waals surface area contributed by atoms with E-state index in [0.29, 0.717) is 38.9 Å². The molecular weight excluding hydrogens is 412 g/mol. The highest BCUT2D eigenvalue weighted by Gasteiger charge is 2.17. The third kappa shape index (κ3) is 4.53. The molecule has 0 aliphatic carbocycles. The molecule has 0 atom stereocenters. The van der Waals surface area contributed by atoms with Crippen molar-refractivity contribution in [3.8, 4) is 17.2 Å². The first-order valence-electron chi connectivity index (χ1n) is 8.73. The molecule has 0 radical (unpaired) electrons. The minimum Gasteiger partial charge on any atom is -0.496 e. The third-order valence-electron chi connectivity index (χ3n) is 4.11. The summed E-state index contributed by atoms with van der Waals surface area (Å²) in [4.78, 5) is 32.8. The van der Waals surface area contributed by atoms with Crippen LogP contribution < -0.4 is 25.6 Å². The van der Waals surface area contributed by atoms with Crippen LogP contribution in [-0.4, -0.2) is 38.2 Å². The largest absolute Gasteiger partial charge is 0.496 e. The normalized spacial score (nSPS) is 10.4. The van der Waals surface area contributed by atoms with Crippen LogP contribution in [0.3, 0.4) is 0 Å². The molecule has 0 spiro atoms. The summed E-state index contributed by atoms with van der Waals surface area (Å²) in [6, 6.07) is 9.37. The van der Waals surface area contributed by atoms with E-state index in [-0.39, 0.29) is 11.6 Å². The summed E-state index contributed by atoms with van der Waals surface area (Å²) in [6.07, 6.45) is 1.58. The Labute approximate surface area is 177 Å². The summed E-state index contributed by atoms with van der Waals surface area (Å²) in [5.41, 5.74) is 3.53. The maximum atomic E-state index is 12.3. The van der Waals surface area contributed by atoms with Gasteiger partial charge in [0.1, 0.15) is 17.2 Å². The average molecular weight is 431 g/mol. The van der Waals surface area contributed by atoms with Crippen LogP contribution in [-0.2, 0) is 4.84 Å². The number of halogens is 1. The van der Waals surface area contributed by atoms with E-state index in [9.17, 15) is 9.59 Å². The predicted molar refractivity (Wildman–Crippen MR) is 112 cm³/mol. The number of hydrogen-bond acceptors (Lipinski definition) is 6. The van der Waals surface area contributed by atoms with Gasteiger partial charge in [-0.1, -0.05) is 11.6 Å². The second-order valence-electron chi connectivity index (χ2n) is 5.96. The van der Waals surface area contributed by atoms with Crippen LogP contribution in [0.5, 0.6) is 17.2 Å². The highest BCUT2D eigenvalue weighted by atomic mass is 35.5. The fraction of sp³-hybridized carbons (Fsp3) is 0.150. The van der Waals surface area contributed by atoms with Gasteiger partial charge in [-0.3, -0.25) is 14.6 Å². The predicted octanol–water partition coefficient (Wildman–Crippen LogP) is 3.73. The molecule has 0 unspecified atom stereocenters. The fourth-order valence-corrected chi connectivity index (χ4v) is 2.92. The molecule has 0 aliphatic rings. The van der Waals surface area contributed by atoms with E-state index in [0.717, 1.165) is 0 Å². The van der Waals surface area contributed by atoms with E-state index in [2.05, 4.69) is 21.1 Å². The van der Waals surface area contributed by atoms with Crippen molar-refractivity contribution in [1.29, 1.82) is 0 Å². The van der Waals surface area contributed by atoms with Gasteiger partial charge in [-0.2, -0.15) is 0 Å². The monoisotopic (exact) mass is 430 g/mol. The zero-order valence-electron chi connectivity index (χ0n) is 16.4. The molecule has 0 aliphatic heterocycles. The van der Waals surface area contributed by atoms with Gasteiger partial charge < -0.3 is 20.1 Å². The zero-order chi connectivity index (χ0) is 21.7. The number of pyridine rings is 1. The van der Waals surface area contributed by atoms with E-state index >= 15 is 0 Å². The quantitative estimate of drug-likeness (QED) is 0.514. The minimum atomic E-state index is -0.473. The van der Waals surface area contributed by atoms with Crippen molar-refractivity contribution in [3.05, 3.63) is 53.2 Å². The highest BCUT2D eigenvalue weighted by molar-refractivity contribution is 6.33. The Morgan fingerprint density at radius 3 is 2.53 bits per heavy atom. The van der Waals surface area contributed by atoms with Gasteiger partial charge in [-0.25, -0.2) is 10.3 Å². The molecule has 3 N–H and O–H groups in total. The molecule has 30 heavy (non-hydrogen) atoms. The maximum Gasteiger partial charge on any atom is 0.319 e. The molecule has 9 nitrogen and oxygen atoms in total. The van der Waals surface area contributed by atoms with Crippen LogP contribution in [0, 0.1) is 0 Å². The Morgan fingerprint density at radius 1 is 1.07 bits per heavy atom. The van der Waals surface area contributed by atoms with Gasteiger partial charge in [0.2, 0.25) is 0 Å². The molecule has 0 bridgehead atoms. The maximum absolute atomic E-state index is 12.3. The number of carbonyl (C=O) groups is 2. The molecule has 0 saturated heterocycles. The van der Waals surface area contributed by atoms with E-state index in [1.807, 2.05) is 0 Å². The number of rotatable bonds is 6. The van der Waals surface area contributed by atoms with Crippen molar-refractivity contribution in [1.82, 2.24) is 15.8 Å². The summed E-state index contributed by atoms with van der Waals surface area (Å²) < 4.78 is 11.3. The molecule has 10 heteroatoms. The van der Waals surface area contributed by atoms with Gasteiger partial charge in [0, 0.05) is 30.8 Å². The second-order valence-corrected chi connectivity index (χ2v) is 6.37. The van der Waals surface area contributed by atoms with Crippen molar-refractivity contribution in [2.45, 2.75) is 0 Å². The van der Waals surface area contributed by atoms with Gasteiger partial charge in [0.05, 0.1) is 36.0 Å². The Morgan fingerprint density at radius 2 is 1.87 bits per heavy atom. The van der Waals surface area contributed by atoms with Crippen molar-refractivity contribution in [3.63, 3.8) is 0 Å². The number of methoxy groups -OCH3 is 1. The Bertz CT molecular complexity index is 1110. The first kappa shape index (κ1) is 21.2. The van der Waals surface area contributed by atoms with Crippen molar-refractivity contribution in [2.75, 3.05) is 26.6 Å². The van der Waals surface area contributed by atoms with Crippen LogP contribution in [0.15, 0.2) is 42.6 Å². The van der Waals surface area contributed by atoms with Crippen LogP contribution in [0.25, 0.3) is 10.9 Å². The van der Waals surface area contributed by atoms with E-state index < -0.39 is 5.91 Å². The Kier molecular flexibility index (Phi) is 6.55. The topological polar surface area (TPSA) is 111 Å². The molecule has 3 aromatic rings. The number of ether oxygens (including phenoxy) is 2. The number of carbonyl (C=O) groups excluding carboxylic acids is 2. The number of benzene rings is 2. The Hall–Kier alpha value is -3.56. The first-order chi connectivity index (χ1) is 14.5. The fourth-order valence-electron chi connectivity index (χ4n) is 2.70. The summed E-state index contributed by atoms with van der Waals surface area (Å²) in [5.74, 6) is 0.763. The molecule has 156 valence electrons. The van der Waals surface area contributed by atoms with Crippen molar-refractivity contribution in [2.24, 2.45) is 0 Å². The van der Waals surface area contributed by atoms with Crippen LogP contribution in [0.1, 0.15) is 10.4 Å². The number of hydroxylamine groups is 1. The van der Waals surface area contributed by atoms with Gasteiger partial charge >= 0.3 is 6.03 Å². The smallest absolute Gasteiger partial charge is 0.319 e. The molecule has 3 amide bonds. The first-order valence-corrected chi connectivity index (χ1v) is 9.10. The number of fused-ring (bicyclic) bond motifs is 1. The van der Waals surface area contributed by atoms with Gasteiger partial charge in [-0.15, -0.1) is 0 Å². The van der Waals surface area contributed by atoms with E-state index in [1.54, 1.807) is 42.6 Å². The number of nitrogens with zero attached hydrogens (tertiary/aromatic N) is 1. The number of urea groups is 1. The number of anilines is 1.